The van der Waals surface area contributed by atoms with Crippen LogP contribution in [0.4, 0.5) is 0 Å². The van der Waals surface area contributed by atoms with Crippen molar-refractivity contribution in [3.05, 3.63) is 0 Å². The molecule has 1 aliphatic rings. The Hall–Kier alpha value is -0.320. The van der Waals surface area contributed by atoms with Crippen LogP contribution < -0.4 is 5.32 Å². The van der Waals surface area contributed by atoms with E-state index in [4.69, 9.17) is 21.1 Å². The summed E-state index contributed by atoms with van der Waals surface area (Å²) in [6.45, 7) is 1.35. The maximum Gasteiger partial charge on any atom is 0.220 e. The van der Waals surface area contributed by atoms with Gasteiger partial charge in [-0.15, -0.1) is 11.6 Å². The van der Waals surface area contributed by atoms with Gasteiger partial charge in [0.1, 0.15) is 0 Å². The minimum atomic E-state index is 0.0206. The first-order valence-electron chi connectivity index (χ1n) is 6.72. The molecule has 0 aromatic carbocycles. The normalized spacial score (nSPS) is 21.6. The third kappa shape index (κ3) is 6.57. The predicted octanol–water partition coefficient (Wildman–Crippen LogP) is 2.10. The zero-order valence-corrected chi connectivity index (χ0v) is 11.9. The Morgan fingerprint density at radius 2 is 2.39 bits per heavy atom. The van der Waals surface area contributed by atoms with Gasteiger partial charge in [-0.1, -0.05) is 0 Å². The first kappa shape index (κ1) is 15.7. The van der Waals surface area contributed by atoms with Gasteiger partial charge in [-0.2, -0.15) is 0 Å². The summed E-state index contributed by atoms with van der Waals surface area (Å²) in [7, 11) is 1.63. The molecule has 106 valence electrons. The average molecular weight is 278 g/mol. The molecule has 1 aliphatic heterocycles. The lowest BCUT2D eigenvalue weighted by Gasteiger charge is -2.23. The molecule has 0 radical (unpaired) electrons. The zero-order chi connectivity index (χ0) is 13.2. The Kier molecular flexibility index (Phi) is 8.38. The molecule has 1 rings (SSSR count). The van der Waals surface area contributed by atoms with Crippen molar-refractivity contribution in [2.75, 3.05) is 26.2 Å². The van der Waals surface area contributed by atoms with E-state index in [0.717, 1.165) is 32.3 Å². The topological polar surface area (TPSA) is 47.6 Å². The fourth-order valence-corrected chi connectivity index (χ4v) is 2.42. The fraction of sp³-hybridized carbons (Fsp3) is 0.923. The maximum atomic E-state index is 11.8. The van der Waals surface area contributed by atoms with Crippen molar-refractivity contribution in [3.8, 4) is 0 Å². The van der Waals surface area contributed by atoms with Crippen molar-refractivity contribution in [3.63, 3.8) is 0 Å². The van der Waals surface area contributed by atoms with Gasteiger partial charge in [-0.25, -0.2) is 0 Å². The summed E-state index contributed by atoms with van der Waals surface area (Å²) in [5.74, 6) is 0.594. The van der Waals surface area contributed by atoms with Crippen LogP contribution in [-0.4, -0.2) is 44.3 Å². The minimum absolute atomic E-state index is 0.0206. The standard InChI is InChI=1S/C13H24ClNO3/c1-17-10-11(7-8-14)15-13(16)6-5-12-4-2-3-9-18-12/h11-12H,2-10H2,1H3,(H,15,16). The summed E-state index contributed by atoms with van der Waals surface area (Å²) in [6.07, 6.45) is 5.77. The van der Waals surface area contributed by atoms with Crippen LogP contribution in [-0.2, 0) is 14.3 Å². The second-order valence-electron chi connectivity index (χ2n) is 4.72. The molecule has 1 N–H and O–H groups in total. The molecule has 0 spiro atoms. The van der Waals surface area contributed by atoms with Gasteiger partial charge in [0, 0.05) is 26.0 Å². The summed E-state index contributed by atoms with van der Waals surface area (Å²) in [6, 6.07) is 0.0206. The van der Waals surface area contributed by atoms with E-state index >= 15 is 0 Å². The molecule has 18 heavy (non-hydrogen) atoms. The van der Waals surface area contributed by atoms with Gasteiger partial charge in [0.25, 0.3) is 0 Å². The number of rotatable bonds is 8. The van der Waals surface area contributed by atoms with Crippen molar-refractivity contribution in [1.29, 1.82) is 0 Å². The molecule has 0 aromatic heterocycles. The monoisotopic (exact) mass is 277 g/mol. The van der Waals surface area contributed by atoms with Crippen LogP contribution in [0.25, 0.3) is 0 Å². The molecule has 0 aromatic rings. The van der Waals surface area contributed by atoms with Gasteiger partial charge in [-0.3, -0.25) is 4.79 Å². The van der Waals surface area contributed by atoms with E-state index in [0.29, 0.717) is 18.9 Å². The van der Waals surface area contributed by atoms with E-state index in [1.165, 1.54) is 6.42 Å². The number of carbonyl (C=O) groups excluding carboxylic acids is 1. The van der Waals surface area contributed by atoms with E-state index in [2.05, 4.69) is 5.32 Å². The van der Waals surface area contributed by atoms with Gasteiger partial charge >= 0.3 is 0 Å². The van der Waals surface area contributed by atoms with Crippen LogP contribution in [0.2, 0.25) is 0 Å². The van der Waals surface area contributed by atoms with Crippen LogP contribution in [0, 0.1) is 0 Å². The highest BCUT2D eigenvalue weighted by molar-refractivity contribution is 6.17. The number of alkyl halides is 1. The number of nitrogens with one attached hydrogen (secondary N) is 1. The van der Waals surface area contributed by atoms with Gasteiger partial charge in [0.05, 0.1) is 18.8 Å². The number of amides is 1. The molecule has 2 unspecified atom stereocenters. The number of halogens is 1. The molecular weight excluding hydrogens is 254 g/mol. The van der Waals surface area contributed by atoms with Gasteiger partial charge < -0.3 is 14.8 Å². The van der Waals surface area contributed by atoms with Crippen LogP contribution in [0.3, 0.4) is 0 Å². The molecule has 1 amide bonds. The summed E-state index contributed by atoms with van der Waals surface area (Å²) in [5.41, 5.74) is 0. The second-order valence-corrected chi connectivity index (χ2v) is 5.10. The predicted molar refractivity (Wildman–Crippen MR) is 72.0 cm³/mol. The Bertz CT molecular complexity index is 226. The lowest BCUT2D eigenvalue weighted by Crippen LogP contribution is -2.38. The zero-order valence-electron chi connectivity index (χ0n) is 11.1. The van der Waals surface area contributed by atoms with E-state index < -0.39 is 0 Å². The molecule has 5 heteroatoms. The fourth-order valence-electron chi connectivity index (χ4n) is 2.16. The smallest absolute Gasteiger partial charge is 0.220 e. The summed E-state index contributed by atoms with van der Waals surface area (Å²) < 4.78 is 10.7. The van der Waals surface area contributed by atoms with Crippen LogP contribution in [0.15, 0.2) is 0 Å². The van der Waals surface area contributed by atoms with Crippen LogP contribution >= 0.6 is 11.6 Å². The van der Waals surface area contributed by atoms with Gasteiger partial charge in [-0.05, 0) is 32.1 Å². The van der Waals surface area contributed by atoms with Crippen molar-refractivity contribution >= 4 is 17.5 Å². The Morgan fingerprint density at radius 1 is 1.56 bits per heavy atom. The number of carbonyl (C=O) groups is 1. The van der Waals surface area contributed by atoms with E-state index in [1.54, 1.807) is 7.11 Å². The molecule has 4 nitrogen and oxygen atoms in total. The minimum Gasteiger partial charge on any atom is -0.383 e. The van der Waals surface area contributed by atoms with E-state index in [1.807, 2.05) is 0 Å². The molecular formula is C13H24ClNO3. The van der Waals surface area contributed by atoms with Gasteiger partial charge in [0.15, 0.2) is 0 Å². The van der Waals surface area contributed by atoms with Crippen LogP contribution in [0.1, 0.15) is 38.5 Å². The Labute approximate surface area is 114 Å². The molecule has 1 saturated heterocycles. The Morgan fingerprint density at radius 3 is 3.00 bits per heavy atom. The molecule has 2 atom stereocenters. The largest absolute Gasteiger partial charge is 0.383 e. The van der Waals surface area contributed by atoms with Crippen molar-refractivity contribution < 1.29 is 14.3 Å². The lowest BCUT2D eigenvalue weighted by molar-refractivity contribution is -0.123. The van der Waals surface area contributed by atoms with Crippen molar-refractivity contribution in [2.45, 2.75) is 50.7 Å². The first-order chi connectivity index (χ1) is 8.76. The quantitative estimate of drug-likeness (QED) is 0.691. The summed E-state index contributed by atoms with van der Waals surface area (Å²) >= 11 is 5.69. The van der Waals surface area contributed by atoms with E-state index in [9.17, 15) is 4.79 Å². The highest BCUT2D eigenvalue weighted by Gasteiger charge is 2.17. The van der Waals surface area contributed by atoms with Crippen LogP contribution in [0.5, 0.6) is 0 Å². The summed E-state index contributed by atoms with van der Waals surface area (Å²) in [4.78, 5) is 11.8. The van der Waals surface area contributed by atoms with Crippen molar-refractivity contribution in [2.24, 2.45) is 0 Å². The second kappa shape index (κ2) is 9.59. The maximum absolute atomic E-state index is 11.8. The average Bonchev–Trinajstić information content (AvgIpc) is 2.38. The lowest BCUT2D eigenvalue weighted by atomic mass is 10.0. The highest BCUT2D eigenvalue weighted by atomic mass is 35.5. The SMILES string of the molecule is COCC(CCCl)NC(=O)CCC1CCCCO1. The molecule has 0 aliphatic carbocycles. The van der Waals surface area contributed by atoms with Gasteiger partial charge in [0.2, 0.25) is 5.91 Å². The molecule has 0 saturated carbocycles. The number of methoxy groups -OCH3 is 1. The number of hydrogen-bond acceptors (Lipinski definition) is 3. The first-order valence-corrected chi connectivity index (χ1v) is 7.25. The Balaban J connectivity index is 2.17. The summed E-state index contributed by atoms with van der Waals surface area (Å²) in [5, 5.41) is 2.95. The number of hydrogen-bond donors (Lipinski definition) is 1. The third-order valence-electron chi connectivity index (χ3n) is 3.16. The van der Waals surface area contributed by atoms with E-state index in [-0.39, 0.29) is 18.1 Å². The molecule has 0 bridgehead atoms. The number of ether oxygens (including phenoxy) is 2. The molecule has 1 fully saturated rings. The highest BCUT2D eigenvalue weighted by Crippen LogP contribution is 2.16. The third-order valence-corrected chi connectivity index (χ3v) is 3.38. The molecule has 1 heterocycles. The van der Waals surface area contributed by atoms with Crippen molar-refractivity contribution in [1.82, 2.24) is 5.32 Å².